The zero-order chi connectivity index (χ0) is 22.8. The molecule has 1 aromatic heterocycles. The van der Waals surface area contributed by atoms with Crippen LogP contribution in [0.5, 0.6) is 0 Å². The Morgan fingerprint density at radius 3 is 2.36 bits per heavy atom. The maximum atomic E-state index is 13.1. The molecule has 7 heteroatoms. The number of carbonyl (C=O) groups is 2. The van der Waals surface area contributed by atoms with Gasteiger partial charge in [-0.15, -0.1) is 0 Å². The lowest BCUT2D eigenvalue weighted by Crippen LogP contribution is -2.41. The Hall–Kier alpha value is -3.48. The van der Waals surface area contributed by atoms with Gasteiger partial charge in [-0.2, -0.15) is 4.98 Å². The van der Waals surface area contributed by atoms with E-state index in [0.717, 1.165) is 12.8 Å². The van der Waals surface area contributed by atoms with Gasteiger partial charge in [-0.05, 0) is 37.5 Å². The smallest absolute Gasteiger partial charge is 0.253 e. The van der Waals surface area contributed by atoms with Crippen LogP contribution in [-0.4, -0.2) is 57.9 Å². The second-order valence-electron chi connectivity index (χ2n) is 9.16. The lowest BCUT2D eigenvalue weighted by atomic mass is 9.81. The Morgan fingerprint density at radius 1 is 1.00 bits per heavy atom. The lowest BCUT2D eigenvalue weighted by Gasteiger charge is -2.26. The first-order valence-corrected chi connectivity index (χ1v) is 11.5. The van der Waals surface area contributed by atoms with Gasteiger partial charge in [-0.25, -0.2) is 0 Å². The Morgan fingerprint density at radius 2 is 1.67 bits per heavy atom. The monoisotopic (exact) mass is 444 g/mol. The third-order valence-corrected chi connectivity index (χ3v) is 6.92. The molecule has 0 radical (unpaired) electrons. The normalized spacial score (nSPS) is 21.9. The first-order valence-electron chi connectivity index (χ1n) is 11.5. The number of benzene rings is 2. The molecule has 3 heterocycles. The van der Waals surface area contributed by atoms with Crippen molar-refractivity contribution >= 4 is 11.8 Å². The number of hydrogen-bond donors (Lipinski definition) is 0. The fourth-order valence-electron chi connectivity index (χ4n) is 5.22. The number of amides is 2. The van der Waals surface area contributed by atoms with Gasteiger partial charge in [0, 0.05) is 44.1 Å². The fourth-order valence-corrected chi connectivity index (χ4v) is 5.22. The summed E-state index contributed by atoms with van der Waals surface area (Å²) in [4.78, 5) is 34.5. The number of hydrogen-bond acceptors (Lipinski definition) is 5. The molecule has 0 N–H and O–H groups in total. The summed E-state index contributed by atoms with van der Waals surface area (Å²) in [6.45, 7) is 3.94. The Bertz CT molecular complexity index is 1130. The van der Waals surface area contributed by atoms with Crippen LogP contribution in [0.15, 0.2) is 65.2 Å². The van der Waals surface area contributed by atoms with Crippen molar-refractivity contribution in [3.8, 4) is 0 Å². The van der Waals surface area contributed by atoms with Crippen LogP contribution in [-0.2, 0) is 16.6 Å². The second-order valence-corrected chi connectivity index (χ2v) is 9.16. The highest BCUT2D eigenvalue weighted by atomic mass is 16.5. The number of aromatic nitrogens is 2. The first-order chi connectivity index (χ1) is 16.0. The summed E-state index contributed by atoms with van der Waals surface area (Å²) in [7, 11) is 0. The zero-order valence-corrected chi connectivity index (χ0v) is 18.8. The molecule has 0 aliphatic carbocycles. The number of aryl methyl sites for hydroxylation is 2. The van der Waals surface area contributed by atoms with Crippen LogP contribution in [0, 0.1) is 12.8 Å². The van der Waals surface area contributed by atoms with Crippen LogP contribution in [0.25, 0.3) is 0 Å². The Kier molecular flexibility index (Phi) is 5.70. The van der Waals surface area contributed by atoms with Gasteiger partial charge in [-0.1, -0.05) is 53.7 Å². The molecule has 3 aromatic rings. The predicted octanol–water partition coefficient (Wildman–Crippen LogP) is 3.25. The standard InChI is InChI=1S/C26H28N4O3/c1-19-27-25(33-28-19)26-17-29(23(31)14-8-11-20-9-4-2-5-10-20)15-22(26)16-30(18-26)24(32)21-12-6-3-7-13-21/h2-7,9-10,12-13,22H,8,11,14-18H2,1H3/t22-,26-/m0/s1. The van der Waals surface area contributed by atoms with E-state index in [1.807, 2.05) is 58.3 Å². The van der Waals surface area contributed by atoms with Gasteiger partial charge in [0.1, 0.15) is 0 Å². The van der Waals surface area contributed by atoms with E-state index in [-0.39, 0.29) is 17.7 Å². The summed E-state index contributed by atoms with van der Waals surface area (Å²) in [6, 6.07) is 19.6. The number of carbonyl (C=O) groups excluding carboxylic acids is 2. The molecule has 2 aliphatic heterocycles. The molecule has 2 amide bonds. The maximum absolute atomic E-state index is 13.1. The Balaban J connectivity index is 1.30. The van der Waals surface area contributed by atoms with Crippen molar-refractivity contribution in [1.82, 2.24) is 19.9 Å². The molecule has 2 atom stereocenters. The van der Waals surface area contributed by atoms with E-state index in [4.69, 9.17) is 4.52 Å². The summed E-state index contributed by atoms with van der Waals surface area (Å²) in [6.07, 6.45) is 2.21. The number of fused-ring (bicyclic) bond motifs is 1. The van der Waals surface area contributed by atoms with Gasteiger partial charge in [0.05, 0.1) is 5.41 Å². The van der Waals surface area contributed by atoms with Gasteiger partial charge in [0.2, 0.25) is 11.8 Å². The van der Waals surface area contributed by atoms with E-state index in [1.165, 1.54) is 5.56 Å². The third-order valence-electron chi connectivity index (χ3n) is 6.92. The van der Waals surface area contributed by atoms with Crippen LogP contribution < -0.4 is 0 Å². The first kappa shape index (κ1) is 21.4. The molecule has 0 bridgehead atoms. The number of rotatable bonds is 6. The molecular formula is C26H28N4O3. The van der Waals surface area contributed by atoms with Crippen LogP contribution in [0.2, 0.25) is 0 Å². The average Bonchev–Trinajstić information content (AvgIpc) is 3.52. The molecule has 2 aliphatic rings. The maximum Gasteiger partial charge on any atom is 0.253 e. The van der Waals surface area contributed by atoms with Crippen LogP contribution in [0.3, 0.4) is 0 Å². The van der Waals surface area contributed by atoms with Crippen molar-refractivity contribution in [3.63, 3.8) is 0 Å². The van der Waals surface area contributed by atoms with Crippen molar-refractivity contribution in [1.29, 1.82) is 0 Å². The summed E-state index contributed by atoms with van der Waals surface area (Å²) < 4.78 is 5.62. The molecule has 2 fully saturated rings. The van der Waals surface area contributed by atoms with Crippen molar-refractivity contribution in [2.24, 2.45) is 5.92 Å². The SMILES string of the molecule is Cc1noc([C@]23CN(C(=O)CCCc4ccccc4)C[C@H]2CN(C(=O)c2ccccc2)C3)n1. The minimum atomic E-state index is -0.513. The second kappa shape index (κ2) is 8.81. The van der Waals surface area contributed by atoms with E-state index in [2.05, 4.69) is 22.3 Å². The van der Waals surface area contributed by atoms with E-state index >= 15 is 0 Å². The highest BCUT2D eigenvalue weighted by Gasteiger charge is 2.58. The molecule has 0 saturated carbocycles. The largest absolute Gasteiger partial charge is 0.341 e. The van der Waals surface area contributed by atoms with Crippen LogP contribution in [0.1, 0.15) is 40.5 Å². The molecule has 33 heavy (non-hydrogen) atoms. The summed E-state index contributed by atoms with van der Waals surface area (Å²) in [5.74, 6) is 1.33. The molecule has 7 nitrogen and oxygen atoms in total. The van der Waals surface area contributed by atoms with Crippen molar-refractivity contribution in [3.05, 3.63) is 83.5 Å². The van der Waals surface area contributed by atoms with Crippen molar-refractivity contribution in [2.75, 3.05) is 26.2 Å². The zero-order valence-electron chi connectivity index (χ0n) is 18.8. The summed E-state index contributed by atoms with van der Waals surface area (Å²) >= 11 is 0. The topological polar surface area (TPSA) is 79.5 Å². The van der Waals surface area contributed by atoms with E-state index in [9.17, 15) is 9.59 Å². The predicted molar refractivity (Wildman–Crippen MR) is 123 cm³/mol. The molecule has 2 aromatic carbocycles. The Labute approximate surface area is 193 Å². The fraction of sp³-hybridized carbons (Fsp3) is 0.385. The van der Waals surface area contributed by atoms with Gasteiger partial charge in [0.15, 0.2) is 5.82 Å². The third kappa shape index (κ3) is 4.15. The van der Waals surface area contributed by atoms with Crippen molar-refractivity contribution < 1.29 is 14.1 Å². The number of likely N-dealkylation sites (tertiary alicyclic amines) is 2. The molecule has 2 saturated heterocycles. The van der Waals surface area contributed by atoms with Crippen molar-refractivity contribution in [2.45, 2.75) is 31.6 Å². The molecule has 0 unspecified atom stereocenters. The van der Waals surface area contributed by atoms with Crippen LogP contribution >= 0.6 is 0 Å². The molecular weight excluding hydrogens is 416 g/mol. The van der Waals surface area contributed by atoms with Gasteiger partial charge < -0.3 is 14.3 Å². The lowest BCUT2D eigenvalue weighted by molar-refractivity contribution is -0.130. The highest BCUT2D eigenvalue weighted by Crippen LogP contribution is 2.45. The molecule has 0 spiro atoms. The van der Waals surface area contributed by atoms with Gasteiger partial charge in [-0.3, -0.25) is 9.59 Å². The molecule has 170 valence electrons. The van der Waals surface area contributed by atoms with Gasteiger partial charge >= 0.3 is 0 Å². The highest BCUT2D eigenvalue weighted by molar-refractivity contribution is 5.94. The van der Waals surface area contributed by atoms with E-state index in [1.54, 1.807) is 6.92 Å². The van der Waals surface area contributed by atoms with Gasteiger partial charge in [0.25, 0.3) is 5.91 Å². The molecule has 5 rings (SSSR count). The van der Waals surface area contributed by atoms with Crippen LogP contribution in [0.4, 0.5) is 0 Å². The minimum absolute atomic E-state index is 0.00125. The quantitative estimate of drug-likeness (QED) is 0.583. The summed E-state index contributed by atoms with van der Waals surface area (Å²) in [5, 5.41) is 4.00. The van der Waals surface area contributed by atoms with E-state index in [0.29, 0.717) is 49.9 Å². The minimum Gasteiger partial charge on any atom is -0.341 e. The summed E-state index contributed by atoms with van der Waals surface area (Å²) in [5.41, 5.74) is 1.40. The number of nitrogens with zero attached hydrogens (tertiary/aromatic N) is 4. The average molecular weight is 445 g/mol. The van der Waals surface area contributed by atoms with E-state index < -0.39 is 5.41 Å².